The second-order valence-electron chi connectivity index (χ2n) is 17.7. The van der Waals surface area contributed by atoms with Crippen molar-refractivity contribution in [1.29, 1.82) is 5.26 Å². The van der Waals surface area contributed by atoms with E-state index >= 15 is 4.57 Å². The third-order valence-electron chi connectivity index (χ3n) is 11.6. The number of phosphoric acid groups is 1. The Morgan fingerprint density at radius 2 is 1.74 bits per heavy atom. The summed E-state index contributed by atoms with van der Waals surface area (Å²) in [5, 5.41) is 25.1. The van der Waals surface area contributed by atoms with E-state index in [9.17, 15) is 34.2 Å². The average molecular weight is 1000 g/mol. The van der Waals surface area contributed by atoms with Gasteiger partial charge in [-0.1, -0.05) is 52.8 Å². The van der Waals surface area contributed by atoms with Crippen LogP contribution < -0.4 is 16.2 Å². The molecule has 6 heterocycles. The maximum atomic E-state index is 15.0. The van der Waals surface area contributed by atoms with E-state index in [1.54, 1.807) is 44.2 Å². The van der Waals surface area contributed by atoms with Gasteiger partial charge in [0.15, 0.2) is 48.9 Å². The lowest BCUT2D eigenvalue weighted by atomic mass is 10.1. The van der Waals surface area contributed by atoms with Crippen LogP contribution in [0.1, 0.15) is 70.3 Å². The minimum absolute atomic E-state index is 0.0696. The number of rotatable bonds is 19. The number of ether oxygens (including phenoxy) is 2. The zero-order valence-electron chi connectivity index (χ0n) is 38.1. The first-order valence-corrected chi connectivity index (χ1v) is 27.1. The number of phosphoric ester groups is 1. The molecule has 0 aliphatic carbocycles. The highest BCUT2D eigenvalue weighted by Gasteiger charge is 2.55. The quantitative estimate of drug-likeness (QED) is 0.0429. The number of aromatic amines is 1. The fraction of sp³-hybridized carbons (Fsp3) is 0.525. The van der Waals surface area contributed by atoms with Crippen molar-refractivity contribution in [3.8, 4) is 6.07 Å². The Morgan fingerprint density at radius 1 is 1.03 bits per heavy atom. The summed E-state index contributed by atoms with van der Waals surface area (Å²) in [5.74, 6) is -1.45. The molecule has 5 aromatic rings. The molecule has 68 heavy (non-hydrogen) atoms. The van der Waals surface area contributed by atoms with Crippen LogP contribution in [0.3, 0.4) is 0 Å². The van der Waals surface area contributed by atoms with Crippen molar-refractivity contribution in [2.75, 3.05) is 30.5 Å². The van der Waals surface area contributed by atoms with E-state index in [-0.39, 0.29) is 46.9 Å². The fourth-order valence-corrected chi connectivity index (χ4v) is 10.3. The molecular formula is C40H53N11O14P2Si. The van der Waals surface area contributed by atoms with Crippen LogP contribution in [0.15, 0.2) is 54.1 Å². The molecule has 25 nitrogen and oxygen atoms in total. The smallest absolute Gasteiger partial charge is 0.408 e. The number of nitrogens with zero attached hydrogens (tertiary/aromatic N) is 8. The number of aliphatic hydroxyl groups excluding tert-OH is 1. The molecule has 9 atom stereocenters. The topological polar surface area (TPSA) is 328 Å². The van der Waals surface area contributed by atoms with Crippen molar-refractivity contribution < 1.29 is 60.7 Å². The van der Waals surface area contributed by atoms with E-state index in [1.807, 2.05) is 39.9 Å². The molecule has 5 N–H and O–H groups in total. The lowest BCUT2D eigenvalue weighted by Gasteiger charge is -2.40. The van der Waals surface area contributed by atoms with Gasteiger partial charge in [-0.25, -0.2) is 24.5 Å². The number of anilines is 2. The highest BCUT2D eigenvalue weighted by atomic mass is 31.2. The van der Waals surface area contributed by atoms with Crippen LogP contribution in [0.25, 0.3) is 22.3 Å². The van der Waals surface area contributed by atoms with Crippen LogP contribution in [-0.4, -0.2) is 120 Å². The van der Waals surface area contributed by atoms with Crippen molar-refractivity contribution in [3.05, 3.63) is 65.2 Å². The molecule has 0 bridgehead atoms. The number of benzene rings is 1. The third kappa shape index (κ3) is 11.2. The number of hydrogen-bond acceptors (Lipinski definition) is 19. The lowest BCUT2D eigenvalue weighted by Crippen LogP contribution is -2.50. The van der Waals surface area contributed by atoms with Gasteiger partial charge in [-0.05, 0) is 30.3 Å². The SMILES string of the molecule is CC(C)C(=O)Nc1nc2c(ncn2[C@@H]2O[C@H](CO)[C@@H](O[Si](C)(C)C(C)(C)C)[C@H]2OP(=O)(OCCC#N)OC[C@@H]2C[C@@H](O[PH](=O)O)[C@H](n3cnc4c(NC(=O)c5ccccc5)ncnc43)O2)c(=O)[nH]1. The van der Waals surface area contributed by atoms with E-state index in [4.69, 9.17) is 32.0 Å². The lowest BCUT2D eigenvalue weighted by molar-refractivity contribution is -0.118. The summed E-state index contributed by atoms with van der Waals surface area (Å²) >= 11 is 0. The van der Waals surface area contributed by atoms with Crippen molar-refractivity contribution in [3.63, 3.8) is 0 Å². The van der Waals surface area contributed by atoms with Gasteiger partial charge in [0.25, 0.3) is 11.5 Å². The molecule has 2 amide bonds. The normalized spacial score (nSPS) is 23.5. The molecule has 0 radical (unpaired) electrons. The Kier molecular flexibility index (Phi) is 15.6. The summed E-state index contributed by atoms with van der Waals surface area (Å²) in [6.07, 6.45) is -4.99. The molecule has 0 saturated carbocycles. The van der Waals surface area contributed by atoms with E-state index in [0.717, 1.165) is 0 Å². The molecule has 2 saturated heterocycles. The maximum Gasteiger partial charge on any atom is 0.475 e. The minimum atomic E-state index is -4.85. The van der Waals surface area contributed by atoms with E-state index in [1.165, 1.54) is 28.1 Å². The second-order valence-corrected chi connectivity index (χ2v) is 24.8. The highest BCUT2D eigenvalue weighted by molar-refractivity contribution is 7.48. The Labute approximate surface area is 390 Å². The summed E-state index contributed by atoms with van der Waals surface area (Å²) in [6.45, 7) is 11.6. The summed E-state index contributed by atoms with van der Waals surface area (Å²) < 4.78 is 73.0. The van der Waals surface area contributed by atoms with Gasteiger partial charge in [0.2, 0.25) is 11.9 Å². The Hall–Kier alpha value is -5.13. The van der Waals surface area contributed by atoms with Crippen LogP contribution >= 0.6 is 16.1 Å². The largest absolute Gasteiger partial charge is 0.475 e. The molecule has 28 heteroatoms. The van der Waals surface area contributed by atoms with Gasteiger partial charge in [-0.2, -0.15) is 10.2 Å². The van der Waals surface area contributed by atoms with Crippen LogP contribution in [0, 0.1) is 17.2 Å². The van der Waals surface area contributed by atoms with Crippen molar-refractivity contribution in [1.82, 2.24) is 39.0 Å². The molecule has 2 fully saturated rings. The first kappa shape index (κ1) is 50.7. The molecule has 4 aromatic heterocycles. The number of carbonyl (C=O) groups excluding carboxylic acids is 2. The van der Waals surface area contributed by atoms with Gasteiger partial charge in [0.05, 0.1) is 51.1 Å². The molecule has 7 rings (SSSR count). The number of aromatic nitrogens is 8. The molecule has 2 unspecified atom stereocenters. The van der Waals surface area contributed by atoms with Gasteiger partial charge < -0.3 is 33.7 Å². The number of hydrogen-bond donors (Lipinski definition) is 5. The van der Waals surface area contributed by atoms with Crippen molar-refractivity contribution in [2.45, 2.75) is 109 Å². The van der Waals surface area contributed by atoms with Crippen LogP contribution in [0.5, 0.6) is 0 Å². The molecular weight excluding hydrogens is 949 g/mol. The number of nitriles is 1. The van der Waals surface area contributed by atoms with Crippen LogP contribution in [-0.2, 0) is 45.9 Å². The molecule has 1 aromatic carbocycles. The van der Waals surface area contributed by atoms with Gasteiger partial charge in [-0.15, -0.1) is 0 Å². The van der Waals surface area contributed by atoms with Crippen molar-refractivity contribution in [2.24, 2.45) is 5.92 Å². The number of fused-ring (bicyclic) bond motifs is 2. The summed E-state index contributed by atoms with van der Waals surface area (Å²) in [6, 6.07) is 10.4. The monoisotopic (exact) mass is 1000 g/mol. The zero-order chi connectivity index (χ0) is 49.1. The average Bonchev–Trinajstić information content (AvgIpc) is 4.07. The number of aliphatic hydroxyl groups is 1. The van der Waals surface area contributed by atoms with Crippen LogP contribution in [0.2, 0.25) is 18.1 Å². The third-order valence-corrected chi connectivity index (χ3v) is 18.0. The summed E-state index contributed by atoms with van der Waals surface area (Å²) in [5.41, 5.74) is -0.195. The molecule has 2 aliphatic rings. The number of imidazole rings is 2. The second kappa shape index (κ2) is 20.8. The Morgan fingerprint density at radius 3 is 2.40 bits per heavy atom. The Balaban J connectivity index is 1.20. The van der Waals surface area contributed by atoms with Gasteiger partial charge in [0.1, 0.15) is 30.7 Å². The highest BCUT2D eigenvalue weighted by Crippen LogP contribution is 2.56. The van der Waals surface area contributed by atoms with Crippen LogP contribution in [0.4, 0.5) is 11.8 Å². The summed E-state index contributed by atoms with van der Waals surface area (Å²) in [7, 11) is -11.2. The predicted molar refractivity (Wildman–Crippen MR) is 244 cm³/mol. The van der Waals surface area contributed by atoms with E-state index < -0.39 is 116 Å². The first-order chi connectivity index (χ1) is 32.2. The minimum Gasteiger partial charge on any atom is -0.408 e. The number of amides is 2. The standard InChI is InChI=1S/C40H53N11O14P2Si/c1-22(2)34(53)48-39-47-33-28(36(55)49-39)45-21-51(33)38-30(29(26(17-52)62-38)65-68(6,7)40(3,4)5)64-67(58,59-15-11-14-41)60-18-24-16-25(63-66(56)57)37(61-24)50-20-44-27-31(42-19-43-32(27)50)46-35(54)23-12-9-8-10-13-23/h8-10,12-13,19-22,24-26,29-30,37-38,52,66H,11,15-18H2,1-7H3,(H,56,57)(H,42,43,46,54)(H2,47,48,49,53,55)/t24-,25+,26+,29+,30+,37+,38+,67?/m0/s1. The molecule has 0 spiro atoms. The van der Waals surface area contributed by atoms with Gasteiger partial charge >= 0.3 is 16.1 Å². The van der Waals surface area contributed by atoms with Gasteiger partial charge in [-0.3, -0.25) is 52.0 Å². The zero-order valence-corrected chi connectivity index (χ0v) is 41.0. The van der Waals surface area contributed by atoms with E-state index in [0.29, 0.717) is 5.56 Å². The fourth-order valence-electron chi connectivity index (χ4n) is 7.11. The summed E-state index contributed by atoms with van der Waals surface area (Å²) in [4.78, 5) is 72.9. The first-order valence-electron chi connectivity index (χ1n) is 21.5. The molecule has 2 aliphatic heterocycles. The number of carbonyl (C=O) groups is 2. The van der Waals surface area contributed by atoms with Crippen molar-refractivity contribution >= 4 is 70.3 Å². The van der Waals surface area contributed by atoms with E-state index in [2.05, 4.69) is 40.5 Å². The Bertz CT molecular complexity index is 2800. The maximum absolute atomic E-state index is 15.0. The van der Waals surface area contributed by atoms with Gasteiger partial charge in [0, 0.05) is 17.9 Å². The number of nitrogens with one attached hydrogen (secondary N) is 3. The predicted octanol–water partition coefficient (Wildman–Crippen LogP) is 4.58. The number of H-pyrrole nitrogens is 1. The molecule has 366 valence electrons.